The second kappa shape index (κ2) is 8.00. The minimum Gasteiger partial charge on any atom is -0.483 e. The summed E-state index contributed by atoms with van der Waals surface area (Å²) in [5.41, 5.74) is 11.4. The van der Waals surface area contributed by atoms with Crippen LogP contribution in [0.2, 0.25) is 0 Å². The fourth-order valence-corrected chi connectivity index (χ4v) is 1.50. The monoisotopic (exact) mass is 281 g/mol. The molecule has 0 fully saturated rings. The van der Waals surface area contributed by atoms with Crippen LogP contribution >= 0.6 is 0 Å². The number of benzene rings is 1. The van der Waals surface area contributed by atoms with Crippen molar-refractivity contribution in [1.82, 2.24) is 5.32 Å². The Morgan fingerprint density at radius 2 is 2.10 bits per heavy atom. The molecule has 0 aliphatic rings. The van der Waals surface area contributed by atoms with Crippen molar-refractivity contribution in [2.75, 3.05) is 32.6 Å². The number of nitrogens with one attached hydrogen (secondary N) is 1. The summed E-state index contributed by atoms with van der Waals surface area (Å²) in [6.07, 6.45) is 0.715. The van der Waals surface area contributed by atoms with E-state index in [4.69, 9.17) is 20.9 Å². The molecule has 2 amide bonds. The van der Waals surface area contributed by atoms with Gasteiger partial charge in [0.25, 0.3) is 11.8 Å². The van der Waals surface area contributed by atoms with E-state index in [0.29, 0.717) is 25.3 Å². The molecule has 0 saturated heterocycles. The Morgan fingerprint density at radius 1 is 1.35 bits per heavy atom. The first-order valence-corrected chi connectivity index (χ1v) is 6.12. The largest absolute Gasteiger partial charge is 0.483 e. The van der Waals surface area contributed by atoms with Gasteiger partial charge in [-0.3, -0.25) is 9.59 Å². The van der Waals surface area contributed by atoms with Gasteiger partial charge in [0.15, 0.2) is 6.61 Å². The molecular weight excluding hydrogens is 262 g/mol. The van der Waals surface area contributed by atoms with Gasteiger partial charge in [-0.05, 0) is 18.6 Å². The van der Waals surface area contributed by atoms with Gasteiger partial charge in [0.05, 0.1) is 5.56 Å². The molecule has 5 N–H and O–H groups in total. The van der Waals surface area contributed by atoms with Crippen molar-refractivity contribution in [1.29, 1.82) is 0 Å². The summed E-state index contributed by atoms with van der Waals surface area (Å²) in [5, 5.41) is 2.66. The molecule has 0 radical (unpaired) electrons. The molecule has 0 aliphatic carbocycles. The van der Waals surface area contributed by atoms with E-state index < -0.39 is 5.91 Å². The van der Waals surface area contributed by atoms with Gasteiger partial charge in [0.1, 0.15) is 5.75 Å². The third-order valence-corrected chi connectivity index (χ3v) is 2.48. The van der Waals surface area contributed by atoms with Crippen molar-refractivity contribution in [3.8, 4) is 5.75 Å². The minimum absolute atomic E-state index is 0.186. The van der Waals surface area contributed by atoms with Gasteiger partial charge in [-0.2, -0.15) is 0 Å². The molecular formula is C13H19N3O4. The summed E-state index contributed by atoms with van der Waals surface area (Å²) >= 11 is 0. The van der Waals surface area contributed by atoms with Gasteiger partial charge in [-0.25, -0.2) is 0 Å². The van der Waals surface area contributed by atoms with Crippen molar-refractivity contribution in [2.45, 2.75) is 6.42 Å². The van der Waals surface area contributed by atoms with Gasteiger partial charge < -0.3 is 26.3 Å². The van der Waals surface area contributed by atoms with Crippen LogP contribution < -0.4 is 21.5 Å². The van der Waals surface area contributed by atoms with E-state index in [9.17, 15) is 9.59 Å². The molecule has 7 heteroatoms. The fraction of sp³-hybridized carbons (Fsp3) is 0.385. The molecule has 0 aliphatic heterocycles. The first kappa shape index (κ1) is 15.8. The molecule has 0 unspecified atom stereocenters. The second-order valence-electron chi connectivity index (χ2n) is 4.10. The first-order chi connectivity index (χ1) is 9.54. The molecule has 0 heterocycles. The highest BCUT2D eigenvalue weighted by Gasteiger charge is 2.11. The number of methoxy groups -OCH3 is 1. The van der Waals surface area contributed by atoms with Gasteiger partial charge >= 0.3 is 0 Å². The zero-order chi connectivity index (χ0) is 15.0. The predicted octanol–water partition coefficient (Wildman–Crippen LogP) is -0.101. The van der Waals surface area contributed by atoms with Crippen molar-refractivity contribution in [3.63, 3.8) is 0 Å². The fourth-order valence-electron chi connectivity index (χ4n) is 1.50. The molecule has 1 aromatic rings. The average Bonchev–Trinajstić information content (AvgIpc) is 2.41. The van der Waals surface area contributed by atoms with Crippen LogP contribution in [-0.2, 0) is 9.53 Å². The number of anilines is 1. The van der Waals surface area contributed by atoms with E-state index in [0.717, 1.165) is 0 Å². The van der Waals surface area contributed by atoms with Crippen molar-refractivity contribution in [3.05, 3.63) is 23.8 Å². The smallest absolute Gasteiger partial charge is 0.257 e. The van der Waals surface area contributed by atoms with Crippen molar-refractivity contribution < 1.29 is 19.1 Å². The first-order valence-electron chi connectivity index (χ1n) is 6.12. The van der Waals surface area contributed by atoms with Crippen LogP contribution in [0.5, 0.6) is 5.75 Å². The van der Waals surface area contributed by atoms with E-state index in [-0.39, 0.29) is 23.8 Å². The van der Waals surface area contributed by atoms with E-state index in [1.54, 1.807) is 7.11 Å². The summed E-state index contributed by atoms with van der Waals surface area (Å²) in [5.74, 6) is -0.732. The number of carbonyl (C=O) groups excluding carboxylic acids is 2. The van der Waals surface area contributed by atoms with Crippen LogP contribution in [0.4, 0.5) is 5.69 Å². The highest BCUT2D eigenvalue weighted by Crippen LogP contribution is 2.21. The van der Waals surface area contributed by atoms with Gasteiger partial charge in [-0.15, -0.1) is 0 Å². The lowest BCUT2D eigenvalue weighted by atomic mass is 10.1. The van der Waals surface area contributed by atoms with Crippen LogP contribution in [0, 0.1) is 0 Å². The van der Waals surface area contributed by atoms with E-state index in [2.05, 4.69) is 5.32 Å². The number of primary amides is 1. The number of nitrogen functional groups attached to an aromatic ring is 1. The summed E-state index contributed by atoms with van der Waals surface area (Å²) in [6.45, 7) is 0.856. The second-order valence-corrected chi connectivity index (χ2v) is 4.10. The van der Waals surface area contributed by atoms with Crippen LogP contribution in [-0.4, -0.2) is 38.7 Å². The molecule has 1 aromatic carbocycles. The Hall–Kier alpha value is -2.28. The maximum absolute atomic E-state index is 11.5. The van der Waals surface area contributed by atoms with E-state index in [1.165, 1.54) is 18.2 Å². The lowest BCUT2D eigenvalue weighted by Crippen LogP contribution is -2.30. The molecule has 1 rings (SSSR count). The predicted molar refractivity (Wildman–Crippen MR) is 74.4 cm³/mol. The Bertz CT molecular complexity index is 477. The topological polar surface area (TPSA) is 117 Å². The Morgan fingerprint density at radius 3 is 2.75 bits per heavy atom. The molecule has 0 saturated carbocycles. The van der Waals surface area contributed by atoms with Gasteiger partial charge in [-0.1, -0.05) is 0 Å². The van der Waals surface area contributed by atoms with Gasteiger partial charge in [0.2, 0.25) is 0 Å². The minimum atomic E-state index is -0.638. The summed E-state index contributed by atoms with van der Waals surface area (Å²) in [4.78, 5) is 22.7. The number of carbonyl (C=O) groups is 2. The maximum atomic E-state index is 11.5. The third kappa shape index (κ3) is 5.15. The zero-order valence-electron chi connectivity index (χ0n) is 11.3. The number of amides is 2. The molecule has 7 nitrogen and oxygen atoms in total. The number of hydrogen-bond acceptors (Lipinski definition) is 5. The highest BCUT2D eigenvalue weighted by atomic mass is 16.5. The highest BCUT2D eigenvalue weighted by molar-refractivity contribution is 5.96. The van der Waals surface area contributed by atoms with Gasteiger partial charge in [0, 0.05) is 32.0 Å². The van der Waals surface area contributed by atoms with E-state index >= 15 is 0 Å². The van der Waals surface area contributed by atoms with Crippen LogP contribution in [0.1, 0.15) is 16.8 Å². The third-order valence-electron chi connectivity index (χ3n) is 2.48. The number of nitrogens with two attached hydrogens (primary N) is 2. The van der Waals surface area contributed by atoms with Crippen molar-refractivity contribution in [2.24, 2.45) is 5.73 Å². The lowest BCUT2D eigenvalue weighted by molar-refractivity contribution is -0.123. The number of rotatable bonds is 8. The molecule has 110 valence electrons. The molecule has 0 aromatic heterocycles. The molecule has 20 heavy (non-hydrogen) atoms. The average molecular weight is 281 g/mol. The zero-order valence-corrected chi connectivity index (χ0v) is 11.3. The number of hydrogen-bond donors (Lipinski definition) is 3. The quantitative estimate of drug-likeness (QED) is 0.454. The van der Waals surface area contributed by atoms with Crippen LogP contribution in [0.25, 0.3) is 0 Å². The summed E-state index contributed by atoms with van der Waals surface area (Å²) in [6, 6.07) is 4.46. The SMILES string of the molecule is COCCCNC(=O)COc1cc(N)ccc1C(N)=O. The maximum Gasteiger partial charge on any atom is 0.257 e. The van der Waals surface area contributed by atoms with Crippen molar-refractivity contribution >= 4 is 17.5 Å². The van der Waals surface area contributed by atoms with E-state index in [1.807, 2.05) is 0 Å². The Kier molecular flexibility index (Phi) is 6.31. The number of ether oxygens (including phenoxy) is 2. The molecule has 0 bridgehead atoms. The Labute approximate surface area is 117 Å². The summed E-state index contributed by atoms with van der Waals surface area (Å²) in [7, 11) is 1.59. The molecule has 0 atom stereocenters. The normalized spacial score (nSPS) is 10.1. The Balaban J connectivity index is 2.50. The lowest BCUT2D eigenvalue weighted by Gasteiger charge is -2.10. The van der Waals surface area contributed by atoms with Crippen LogP contribution in [0.3, 0.4) is 0 Å². The van der Waals surface area contributed by atoms with Crippen LogP contribution in [0.15, 0.2) is 18.2 Å². The summed E-state index contributed by atoms with van der Waals surface area (Å²) < 4.78 is 10.1. The molecule has 0 spiro atoms. The standard InChI is InChI=1S/C13H19N3O4/c1-19-6-2-5-16-12(17)8-20-11-7-9(14)3-4-10(11)13(15)18/h3-4,7H,2,5-6,8,14H2,1H3,(H2,15,18)(H,16,17).